The van der Waals surface area contributed by atoms with Gasteiger partial charge in [-0.1, -0.05) is 23.7 Å². The summed E-state index contributed by atoms with van der Waals surface area (Å²) in [6.07, 6.45) is 1.42. The number of nitrogens with one attached hydrogen (secondary N) is 2. The minimum absolute atomic E-state index is 0.117. The Morgan fingerprint density at radius 3 is 2.77 bits per heavy atom. The number of halogens is 1. The van der Waals surface area contributed by atoms with Gasteiger partial charge in [-0.15, -0.1) is 0 Å². The van der Waals surface area contributed by atoms with E-state index in [-0.39, 0.29) is 17.9 Å². The van der Waals surface area contributed by atoms with Crippen LogP contribution in [0.4, 0.5) is 11.4 Å². The molecule has 5 nitrogen and oxygen atoms in total. The molecule has 0 aliphatic carbocycles. The lowest BCUT2D eigenvalue weighted by Gasteiger charge is -2.22. The summed E-state index contributed by atoms with van der Waals surface area (Å²) < 4.78 is 0. The monoisotopic (exact) mass is 367 g/mol. The number of H-pyrrole nitrogens is 1. The Morgan fingerprint density at radius 1 is 1.23 bits per heavy atom. The zero-order valence-electron chi connectivity index (χ0n) is 14.3. The molecule has 1 atom stereocenters. The van der Waals surface area contributed by atoms with E-state index in [1.54, 1.807) is 17.0 Å². The number of benzene rings is 2. The van der Waals surface area contributed by atoms with Crippen LogP contribution in [0, 0.1) is 0 Å². The van der Waals surface area contributed by atoms with Gasteiger partial charge in [-0.05, 0) is 49.7 Å². The van der Waals surface area contributed by atoms with Crippen LogP contribution in [0.3, 0.4) is 0 Å². The zero-order valence-corrected chi connectivity index (χ0v) is 15.0. The molecule has 1 saturated heterocycles. The minimum Gasteiger partial charge on any atom is -0.350 e. The standard InChI is InChI=1S/C20H18ClN3O2/c1-12-8-9-19(25)24(12)14-5-2-4-13(10-14)22-20(26)18-11-15-16(21)6-3-7-17(15)23-18/h2-7,10-12,23H,8-9H2,1H3,(H,22,26). The van der Waals surface area contributed by atoms with Crippen LogP contribution < -0.4 is 10.2 Å². The fourth-order valence-corrected chi connectivity index (χ4v) is 3.63. The molecule has 132 valence electrons. The van der Waals surface area contributed by atoms with Crippen molar-refractivity contribution in [2.75, 3.05) is 10.2 Å². The van der Waals surface area contributed by atoms with Gasteiger partial charge in [-0.3, -0.25) is 9.59 Å². The van der Waals surface area contributed by atoms with Gasteiger partial charge < -0.3 is 15.2 Å². The van der Waals surface area contributed by atoms with E-state index in [1.807, 2.05) is 43.3 Å². The van der Waals surface area contributed by atoms with Crippen molar-refractivity contribution in [2.45, 2.75) is 25.8 Å². The second-order valence-corrected chi connectivity index (χ2v) is 6.95. The predicted molar refractivity (Wildman–Crippen MR) is 104 cm³/mol. The summed E-state index contributed by atoms with van der Waals surface area (Å²) in [6.45, 7) is 2.03. The number of rotatable bonds is 3. The van der Waals surface area contributed by atoms with E-state index in [1.165, 1.54) is 0 Å². The molecule has 6 heteroatoms. The second kappa shape index (κ2) is 6.50. The number of hydrogen-bond donors (Lipinski definition) is 2. The van der Waals surface area contributed by atoms with E-state index < -0.39 is 0 Å². The summed E-state index contributed by atoms with van der Waals surface area (Å²) in [6, 6.07) is 14.8. The summed E-state index contributed by atoms with van der Waals surface area (Å²) in [4.78, 5) is 29.6. The molecule has 3 aromatic rings. The first-order valence-corrected chi connectivity index (χ1v) is 8.91. The van der Waals surface area contributed by atoms with Gasteiger partial charge in [-0.2, -0.15) is 0 Å². The van der Waals surface area contributed by atoms with E-state index in [0.717, 1.165) is 23.0 Å². The molecule has 1 aliphatic heterocycles. The molecular weight excluding hydrogens is 350 g/mol. The van der Waals surface area contributed by atoms with Crippen molar-refractivity contribution in [1.82, 2.24) is 4.98 Å². The average molecular weight is 368 g/mol. The molecular formula is C20H18ClN3O2. The largest absolute Gasteiger partial charge is 0.350 e. The highest BCUT2D eigenvalue weighted by Gasteiger charge is 2.28. The highest BCUT2D eigenvalue weighted by Crippen LogP contribution is 2.29. The maximum atomic E-state index is 12.6. The molecule has 1 unspecified atom stereocenters. The number of hydrogen-bond acceptors (Lipinski definition) is 2. The summed E-state index contributed by atoms with van der Waals surface area (Å²) in [7, 11) is 0. The number of fused-ring (bicyclic) bond motifs is 1. The van der Waals surface area contributed by atoms with E-state index in [4.69, 9.17) is 11.6 Å². The SMILES string of the molecule is CC1CCC(=O)N1c1cccc(NC(=O)c2cc3c(Cl)cccc3[nH]2)c1. The first-order valence-electron chi connectivity index (χ1n) is 8.53. The summed E-state index contributed by atoms with van der Waals surface area (Å²) >= 11 is 6.17. The zero-order chi connectivity index (χ0) is 18.3. The van der Waals surface area contributed by atoms with Gasteiger partial charge in [0.15, 0.2) is 0 Å². The Kier molecular flexibility index (Phi) is 4.17. The normalized spacial score (nSPS) is 17.1. The molecule has 0 radical (unpaired) electrons. The van der Waals surface area contributed by atoms with Gasteiger partial charge in [-0.25, -0.2) is 0 Å². The fourth-order valence-electron chi connectivity index (χ4n) is 3.40. The van der Waals surface area contributed by atoms with E-state index in [9.17, 15) is 9.59 Å². The van der Waals surface area contributed by atoms with Crippen molar-refractivity contribution in [3.63, 3.8) is 0 Å². The molecule has 2 N–H and O–H groups in total. The predicted octanol–water partition coefficient (Wildman–Crippen LogP) is 4.59. The van der Waals surface area contributed by atoms with E-state index >= 15 is 0 Å². The first-order chi connectivity index (χ1) is 12.5. The maximum Gasteiger partial charge on any atom is 0.272 e. The topological polar surface area (TPSA) is 65.2 Å². The molecule has 0 spiro atoms. The van der Waals surface area contributed by atoms with E-state index in [2.05, 4.69) is 10.3 Å². The number of anilines is 2. The lowest BCUT2D eigenvalue weighted by molar-refractivity contribution is -0.117. The minimum atomic E-state index is -0.254. The molecule has 26 heavy (non-hydrogen) atoms. The molecule has 0 saturated carbocycles. The smallest absolute Gasteiger partial charge is 0.272 e. The third kappa shape index (κ3) is 2.95. The average Bonchev–Trinajstić information content (AvgIpc) is 3.20. The number of aromatic nitrogens is 1. The fraction of sp³-hybridized carbons (Fsp3) is 0.200. The van der Waals surface area contributed by atoms with Gasteiger partial charge in [0.2, 0.25) is 5.91 Å². The molecule has 4 rings (SSSR count). The van der Waals surface area contributed by atoms with Crippen LogP contribution in [-0.4, -0.2) is 22.8 Å². The number of aromatic amines is 1. The van der Waals surface area contributed by atoms with Crippen LogP contribution in [0.25, 0.3) is 10.9 Å². The summed E-state index contributed by atoms with van der Waals surface area (Å²) in [5.74, 6) is -0.138. The Balaban J connectivity index is 1.58. The quantitative estimate of drug-likeness (QED) is 0.711. The van der Waals surface area contributed by atoms with Gasteiger partial charge in [0, 0.05) is 39.8 Å². The Hall–Kier alpha value is -2.79. The number of carbonyl (C=O) groups is 2. The number of carbonyl (C=O) groups excluding carboxylic acids is 2. The van der Waals surface area contributed by atoms with Crippen molar-refractivity contribution in [2.24, 2.45) is 0 Å². The van der Waals surface area contributed by atoms with Gasteiger partial charge in [0.1, 0.15) is 5.69 Å². The van der Waals surface area contributed by atoms with Crippen molar-refractivity contribution in [3.05, 3.63) is 59.2 Å². The molecule has 2 aromatic carbocycles. The van der Waals surface area contributed by atoms with Crippen molar-refractivity contribution in [1.29, 1.82) is 0 Å². The molecule has 0 bridgehead atoms. The van der Waals surface area contributed by atoms with E-state index in [0.29, 0.717) is 22.8 Å². The lowest BCUT2D eigenvalue weighted by Crippen LogP contribution is -2.30. The Bertz CT molecular complexity index is 1010. The molecule has 2 amide bonds. The molecule has 2 heterocycles. The van der Waals surface area contributed by atoms with Crippen LogP contribution in [-0.2, 0) is 4.79 Å². The van der Waals surface area contributed by atoms with Crippen LogP contribution >= 0.6 is 11.6 Å². The van der Waals surface area contributed by atoms with Crippen LogP contribution in [0.5, 0.6) is 0 Å². The van der Waals surface area contributed by atoms with Crippen molar-refractivity contribution < 1.29 is 9.59 Å². The lowest BCUT2D eigenvalue weighted by atomic mass is 10.2. The number of amides is 2. The highest BCUT2D eigenvalue weighted by atomic mass is 35.5. The molecule has 1 aromatic heterocycles. The van der Waals surface area contributed by atoms with Crippen LogP contribution in [0.15, 0.2) is 48.5 Å². The summed E-state index contributed by atoms with van der Waals surface area (Å²) in [5.41, 5.74) is 2.69. The van der Waals surface area contributed by atoms with Crippen molar-refractivity contribution >= 4 is 45.7 Å². The van der Waals surface area contributed by atoms with Gasteiger partial charge in [0.25, 0.3) is 5.91 Å². The first kappa shape index (κ1) is 16.7. The van der Waals surface area contributed by atoms with Gasteiger partial charge in [0.05, 0.1) is 0 Å². The number of nitrogens with zero attached hydrogens (tertiary/aromatic N) is 1. The van der Waals surface area contributed by atoms with Crippen molar-refractivity contribution in [3.8, 4) is 0 Å². The Labute approximate surface area is 155 Å². The maximum absolute atomic E-state index is 12.6. The second-order valence-electron chi connectivity index (χ2n) is 6.54. The molecule has 1 aliphatic rings. The summed E-state index contributed by atoms with van der Waals surface area (Å²) in [5, 5.41) is 4.29. The Morgan fingerprint density at radius 2 is 2.04 bits per heavy atom. The molecule has 1 fully saturated rings. The third-order valence-corrected chi connectivity index (χ3v) is 5.05. The highest BCUT2D eigenvalue weighted by molar-refractivity contribution is 6.35. The van der Waals surface area contributed by atoms with Crippen LogP contribution in [0.2, 0.25) is 5.02 Å². The van der Waals surface area contributed by atoms with Gasteiger partial charge >= 0.3 is 0 Å². The van der Waals surface area contributed by atoms with Crippen LogP contribution in [0.1, 0.15) is 30.3 Å². The third-order valence-electron chi connectivity index (χ3n) is 4.72.